The van der Waals surface area contributed by atoms with Gasteiger partial charge in [-0.05, 0) is 0 Å². The average molecular weight is 217 g/mol. The van der Waals surface area contributed by atoms with Crippen molar-refractivity contribution in [3.8, 4) is 0 Å². The molecule has 0 saturated carbocycles. The minimum atomic E-state index is -0.244. The summed E-state index contributed by atoms with van der Waals surface area (Å²) in [4.78, 5) is 0. The zero-order chi connectivity index (χ0) is 10.6. The van der Waals surface area contributed by atoms with E-state index in [1.807, 2.05) is 0 Å². The van der Waals surface area contributed by atoms with E-state index in [1.165, 1.54) is 0 Å². The molecular formula is C8H13ClN4O. The summed E-state index contributed by atoms with van der Waals surface area (Å²) in [5.41, 5.74) is 6.61. The molecule has 0 fully saturated rings. The predicted octanol–water partition coefficient (Wildman–Crippen LogP) is 0.677. The van der Waals surface area contributed by atoms with Gasteiger partial charge in [-0.15, -0.1) is 5.10 Å². The Hall–Kier alpha value is -0.910. The standard InChI is InChI=1S/C8H13ClN4O/c1-6(9)4-13-8(3-11-12-13)7(10)5-14-2/h3,7H,1,4-5,10H2,2H3. The van der Waals surface area contributed by atoms with Crippen molar-refractivity contribution in [1.82, 2.24) is 15.0 Å². The van der Waals surface area contributed by atoms with Crippen LogP contribution in [0.4, 0.5) is 0 Å². The minimum Gasteiger partial charge on any atom is -0.383 e. The smallest absolute Gasteiger partial charge is 0.0782 e. The number of methoxy groups -OCH3 is 1. The molecule has 78 valence electrons. The summed E-state index contributed by atoms with van der Waals surface area (Å²) < 4.78 is 6.55. The predicted molar refractivity (Wildman–Crippen MR) is 53.8 cm³/mol. The van der Waals surface area contributed by atoms with Crippen LogP contribution in [-0.4, -0.2) is 28.7 Å². The summed E-state index contributed by atoms with van der Waals surface area (Å²) in [7, 11) is 1.59. The summed E-state index contributed by atoms with van der Waals surface area (Å²) >= 11 is 5.67. The van der Waals surface area contributed by atoms with Gasteiger partial charge in [-0.25, -0.2) is 4.68 Å². The van der Waals surface area contributed by atoms with Crippen molar-refractivity contribution >= 4 is 11.6 Å². The Morgan fingerprint density at radius 1 is 1.86 bits per heavy atom. The highest BCUT2D eigenvalue weighted by molar-refractivity contribution is 6.29. The van der Waals surface area contributed by atoms with Crippen LogP contribution in [0.2, 0.25) is 0 Å². The number of aromatic nitrogens is 3. The Labute approximate surface area is 87.5 Å². The molecule has 6 heteroatoms. The summed E-state index contributed by atoms with van der Waals surface area (Å²) in [6, 6.07) is -0.244. The molecule has 1 heterocycles. The van der Waals surface area contributed by atoms with Gasteiger partial charge < -0.3 is 10.5 Å². The monoisotopic (exact) mass is 216 g/mol. The highest BCUT2D eigenvalue weighted by Gasteiger charge is 2.12. The van der Waals surface area contributed by atoms with Crippen LogP contribution < -0.4 is 5.73 Å². The molecule has 0 radical (unpaired) electrons. The zero-order valence-corrected chi connectivity index (χ0v) is 8.74. The number of nitrogens with two attached hydrogens (primary N) is 1. The van der Waals surface area contributed by atoms with E-state index in [2.05, 4.69) is 16.9 Å². The summed E-state index contributed by atoms with van der Waals surface area (Å²) in [6.07, 6.45) is 1.60. The molecule has 0 aromatic carbocycles. The highest BCUT2D eigenvalue weighted by atomic mass is 35.5. The third-order valence-corrected chi connectivity index (χ3v) is 1.81. The quantitative estimate of drug-likeness (QED) is 0.786. The van der Waals surface area contributed by atoms with Crippen molar-refractivity contribution in [2.45, 2.75) is 12.6 Å². The van der Waals surface area contributed by atoms with Gasteiger partial charge in [-0.1, -0.05) is 23.4 Å². The van der Waals surface area contributed by atoms with Crippen LogP contribution in [0, 0.1) is 0 Å². The molecule has 5 nitrogen and oxygen atoms in total. The molecule has 0 aliphatic heterocycles. The first-order valence-corrected chi connectivity index (χ1v) is 4.49. The fraction of sp³-hybridized carbons (Fsp3) is 0.500. The third-order valence-electron chi connectivity index (χ3n) is 1.70. The first-order chi connectivity index (χ1) is 6.65. The van der Waals surface area contributed by atoms with Crippen molar-refractivity contribution in [2.75, 3.05) is 13.7 Å². The fourth-order valence-corrected chi connectivity index (χ4v) is 1.22. The van der Waals surface area contributed by atoms with Crippen LogP contribution in [0.1, 0.15) is 11.7 Å². The molecule has 1 rings (SSSR count). The topological polar surface area (TPSA) is 66.0 Å². The van der Waals surface area contributed by atoms with Gasteiger partial charge in [0, 0.05) is 12.1 Å². The molecule has 14 heavy (non-hydrogen) atoms. The minimum absolute atomic E-state index is 0.244. The lowest BCUT2D eigenvalue weighted by atomic mass is 10.2. The van der Waals surface area contributed by atoms with Gasteiger partial charge in [0.15, 0.2) is 0 Å². The second-order valence-electron chi connectivity index (χ2n) is 2.90. The number of hydrogen-bond donors (Lipinski definition) is 1. The van der Waals surface area contributed by atoms with E-state index in [0.29, 0.717) is 18.2 Å². The van der Waals surface area contributed by atoms with Gasteiger partial charge in [0.25, 0.3) is 0 Å². The highest BCUT2D eigenvalue weighted by Crippen LogP contribution is 2.11. The Balaban J connectivity index is 2.75. The largest absolute Gasteiger partial charge is 0.383 e. The van der Waals surface area contributed by atoms with Crippen molar-refractivity contribution in [1.29, 1.82) is 0 Å². The lowest BCUT2D eigenvalue weighted by Crippen LogP contribution is -2.20. The molecule has 1 atom stereocenters. The molecule has 1 aromatic heterocycles. The van der Waals surface area contributed by atoms with E-state index in [-0.39, 0.29) is 6.04 Å². The average Bonchev–Trinajstić information content (AvgIpc) is 2.51. The Bertz CT molecular complexity index is 312. The lowest BCUT2D eigenvalue weighted by molar-refractivity contribution is 0.178. The van der Waals surface area contributed by atoms with E-state index < -0.39 is 0 Å². The molecule has 0 saturated heterocycles. The number of rotatable bonds is 5. The van der Waals surface area contributed by atoms with Crippen LogP contribution in [-0.2, 0) is 11.3 Å². The lowest BCUT2D eigenvalue weighted by Gasteiger charge is -2.11. The Morgan fingerprint density at radius 3 is 3.14 bits per heavy atom. The van der Waals surface area contributed by atoms with Gasteiger partial charge in [0.2, 0.25) is 0 Å². The molecule has 0 aliphatic rings. The Kier molecular flexibility index (Phi) is 4.06. The van der Waals surface area contributed by atoms with Gasteiger partial charge >= 0.3 is 0 Å². The van der Waals surface area contributed by atoms with Crippen LogP contribution in [0.15, 0.2) is 17.8 Å². The summed E-state index contributed by atoms with van der Waals surface area (Å²) in [6.45, 7) is 4.41. The number of halogens is 1. The van der Waals surface area contributed by atoms with E-state index in [9.17, 15) is 0 Å². The van der Waals surface area contributed by atoms with Crippen molar-refractivity contribution in [2.24, 2.45) is 5.73 Å². The van der Waals surface area contributed by atoms with E-state index in [1.54, 1.807) is 18.0 Å². The number of nitrogens with zero attached hydrogens (tertiary/aromatic N) is 3. The number of allylic oxidation sites excluding steroid dienone is 1. The molecular weight excluding hydrogens is 204 g/mol. The molecule has 1 unspecified atom stereocenters. The van der Waals surface area contributed by atoms with Crippen LogP contribution in [0.3, 0.4) is 0 Å². The van der Waals surface area contributed by atoms with Gasteiger partial charge in [0.1, 0.15) is 0 Å². The Morgan fingerprint density at radius 2 is 2.57 bits per heavy atom. The SMILES string of the molecule is C=C(Cl)Cn1nncc1C(N)COC. The zero-order valence-electron chi connectivity index (χ0n) is 7.98. The normalized spacial score (nSPS) is 12.8. The van der Waals surface area contributed by atoms with Crippen molar-refractivity contribution < 1.29 is 4.74 Å². The molecule has 2 N–H and O–H groups in total. The maximum absolute atomic E-state index is 5.83. The first-order valence-electron chi connectivity index (χ1n) is 4.11. The molecule has 0 bridgehead atoms. The van der Waals surface area contributed by atoms with Gasteiger partial charge in [-0.3, -0.25) is 0 Å². The molecule has 1 aromatic rings. The van der Waals surface area contributed by atoms with Crippen LogP contribution >= 0.6 is 11.6 Å². The number of hydrogen-bond acceptors (Lipinski definition) is 4. The second-order valence-corrected chi connectivity index (χ2v) is 3.43. The van der Waals surface area contributed by atoms with E-state index in [0.717, 1.165) is 5.69 Å². The van der Waals surface area contributed by atoms with E-state index in [4.69, 9.17) is 22.1 Å². The third kappa shape index (κ3) is 2.80. The molecule has 0 aliphatic carbocycles. The van der Waals surface area contributed by atoms with Crippen LogP contribution in [0.25, 0.3) is 0 Å². The maximum atomic E-state index is 5.83. The van der Waals surface area contributed by atoms with Crippen molar-refractivity contribution in [3.63, 3.8) is 0 Å². The van der Waals surface area contributed by atoms with E-state index >= 15 is 0 Å². The summed E-state index contributed by atoms with van der Waals surface area (Å²) in [5.74, 6) is 0. The fourth-order valence-electron chi connectivity index (χ4n) is 1.10. The number of ether oxygens (including phenoxy) is 1. The molecule has 0 spiro atoms. The molecule has 0 amide bonds. The van der Waals surface area contributed by atoms with Crippen molar-refractivity contribution in [3.05, 3.63) is 23.5 Å². The maximum Gasteiger partial charge on any atom is 0.0782 e. The second kappa shape index (κ2) is 5.09. The van der Waals surface area contributed by atoms with Gasteiger partial charge in [0.05, 0.1) is 31.1 Å². The summed E-state index contributed by atoms with van der Waals surface area (Å²) in [5, 5.41) is 8.09. The van der Waals surface area contributed by atoms with Gasteiger partial charge in [-0.2, -0.15) is 0 Å². The van der Waals surface area contributed by atoms with Crippen LogP contribution in [0.5, 0.6) is 0 Å². The first kappa shape index (κ1) is 11.2.